The molecule has 0 aliphatic carbocycles. The van der Waals surface area contributed by atoms with E-state index in [0.29, 0.717) is 0 Å². The quantitative estimate of drug-likeness (QED) is 0.580. The number of halogens is 7. The maximum Gasteiger partial charge on any atom is 0.330 e. The molecule has 1 aromatic rings. The first-order valence-electron chi connectivity index (χ1n) is 4.62. The van der Waals surface area contributed by atoms with E-state index in [0.717, 1.165) is 12.1 Å². The third-order valence-electron chi connectivity index (χ3n) is 2.00. The standard InChI is InChI=1S/C10H7BrF6O/c11-6-1-2-7(12)5(8(6)13)3-18-4-10(16,17)9(14)15/h1-2,9H,3-4H2. The van der Waals surface area contributed by atoms with Crippen LogP contribution >= 0.6 is 15.9 Å². The summed E-state index contributed by atoms with van der Waals surface area (Å²) in [6, 6.07) is 1.99. The fourth-order valence-corrected chi connectivity index (χ4v) is 1.43. The SMILES string of the molecule is Fc1ccc(Br)c(F)c1COCC(F)(F)C(F)F. The van der Waals surface area contributed by atoms with Crippen molar-refractivity contribution in [3.8, 4) is 0 Å². The van der Waals surface area contributed by atoms with E-state index in [1.54, 1.807) is 0 Å². The zero-order chi connectivity index (χ0) is 13.9. The highest BCUT2D eigenvalue weighted by Gasteiger charge is 2.41. The van der Waals surface area contributed by atoms with E-state index in [4.69, 9.17) is 0 Å². The van der Waals surface area contributed by atoms with Gasteiger partial charge >= 0.3 is 12.3 Å². The molecule has 0 bridgehead atoms. The summed E-state index contributed by atoms with van der Waals surface area (Å²) in [5.74, 6) is -6.37. The highest BCUT2D eigenvalue weighted by molar-refractivity contribution is 9.10. The normalized spacial score (nSPS) is 12.2. The van der Waals surface area contributed by atoms with Crippen LogP contribution in [0.15, 0.2) is 16.6 Å². The minimum Gasteiger partial charge on any atom is -0.370 e. The average molecular weight is 337 g/mol. The van der Waals surface area contributed by atoms with Gasteiger partial charge < -0.3 is 4.74 Å². The summed E-state index contributed by atoms with van der Waals surface area (Å²) in [6.07, 6.45) is -3.89. The molecule has 0 saturated carbocycles. The van der Waals surface area contributed by atoms with E-state index < -0.39 is 42.8 Å². The Hall–Kier alpha value is -0.760. The Morgan fingerprint density at radius 3 is 2.39 bits per heavy atom. The Labute approximate surface area is 107 Å². The summed E-state index contributed by atoms with van der Waals surface area (Å²) in [4.78, 5) is 0. The lowest BCUT2D eigenvalue weighted by Crippen LogP contribution is -2.32. The van der Waals surface area contributed by atoms with Gasteiger partial charge in [0.25, 0.3) is 0 Å². The topological polar surface area (TPSA) is 9.23 Å². The van der Waals surface area contributed by atoms with Crippen molar-refractivity contribution in [3.05, 3.63) is 33.8 Å². The van der Waals surface area contributed by atoms with Crippen LogP contribution in [0.25, 0.3) is 0 Å². The van der Waals surface area contributed by atoms with Crippen LogP contribution in [0.1, 0.15) is 5.56 Å². The summed E-state index contributed by atoms with van der Waals surface area (Å²) in [5.41, 5.74) is -0.602. The first kappa shape index (κ1) is 15.3. The van der Waals surface area contributed by atoms with Crippen molar-refractivity contribution < 1.29 is 31.1 Å². The number of benzene rings is 1. The minimum atomic E-state index is -4.35. The van der Waals surface area contributed by atoms with Crippen LogP contribution in [0, 0.1) is 11.6 Å². The number of ether oxygens (including phenoxy) is 1. The van der Waals surface area contributed by atoms with Gasteiger partial charge in [-0.25, -0.2) is 17.6 Å². The molecule has 1 nitrogen and oxygen atoms in total. The van der Waals surface area contributed by atoms with Crippen LogP contribution in [0.2, 0.25) is 0 Å². The maximum absolute atomic E-state index is 13.3. The minimum absolute atomic E-state index is 0.0804. The van der Waals surface area contributed by atoms with Gasteiger partial charge in [0.1, 0.15) is 18.2 Å². The average Bonchev–Trinajstić information content (AvgIpc) is 2.28. The molecule has 0 aliphatic heterocycles. The fourth-order valence-electron chi connectivity index (χ4n) is 1.05. The highest BCUT2D eigenvalue weighted by Crippen LogP contribution is 2.25. The summed E-state index contributed by atoms with van der Waals surface area (Å²) in [5, 5.41) is 0. The molecular weight excluding hydrogens is 330 g/mol. The third kappa shape index (κ3) is 3.61. The third-order valence-corrected chi connectivity index (χ3v) is 2.61. The van der Waals surface area contributed by atoms with Crippen molar-refractivity contribution in [2.45, 2.75) is 19.0 Å². The molecule has 1 aromatic carbocycles. The van der Waals surface area contributed by atoms with Gasteiger partial charge in [-0.1, -0.05) is 0 Å². The highest BCUT2D eigenvalue weighted by atomic mass is 79.9. The molecule has 0 amide bonds. The summed E-state index contributed by atoms with van der Waals surface area (Å²) >= 11 is 2.77. The lowest BCUT2D eigenvalue weighted by molar-refractivity contribution is -0.168. The second kappa shape index (κ2) is 5.92. The first-order valence-corrected chi connectivity index (χ1v) is 5.41. The Morgan fingerprint density at radius 1 is 1.22 bits per heavy atom. The molecule has 0 fully saturated rings. The van der Waals surface area contributed by atoms with E-state index >= 15 is 0 Å². The molecule has 0 atom stereocenters. The molecule has 0 N–H and O–H groups in total. The van der Waals surface area contributed by atoms with E-state index in [9.17, 15) is 26.3 Å². The van der Waals surface area contributed by atoms with Crippen LogP contribution in [0.5, 0.6) is 0 Å². The second-order valence-corrected chi connectivity index (χ2v) is 4.23. The van der Waals surface area contributed by atoms with Crippen LogP contribution in [-0.4, -0.2) is 19.0 Å². The van der Waals surface area contributed by atoms with E-state index in [-0.39, 0.29) is 4.47 Å². The number of hydrogen-bond acceptors (Lipinski definition) is 1. The first-order chi connectivity index (χ1) is 8.25. The van der Waals surface area contributed by atoms with Gasteiger partial charge in [0, 0.05) is 0 Å². The summed E-state index contributed by atoms with van der Waals surface area (Å²) in [7, 11) is 0. The molecule has 0 aliphatic rings. The molecule has 0 heterocycles. The van der Waals surface area contributed by atoms with E-state index in [1.807, 2.05) is 0 Å². The van der Waals surface area contributed by atoms with Crippen LogP contribution in [0.3, 0.4) is 0 Å². The van der Waals surface area contributed by atoms with Gasteiger partial charge in [-0.3, -0.25) is 0 Å². The lowest BCUT2D eigenvalue weighted by atomic mass is 10.2. The molecule has 0 aromatic heterocycles. The van der Waals surface area contributed by atoms with Crippen LogP contribution < -0.4 is 0 Å². The van der Waals surface area contributed by atoms with Gasteiger partial charge in [-0.2, -0.15) is 8.78 Å². The summed E-state index contributed by atoms with van der Waals surface area (Å²) < 4.78 is 79.1. The van der Waals surface area contributed by atoms with E-state index in [2.05, 4.69) is 20.7 Å². The van der Waals surface area contributed by atoms with Gasteiger partial charge in [0.15, 0.2) is 0 Å². The predicted molar refractivity (Wildman–Crippen MR) is 54.7 cm³/mol. The van der Waals surface area contributed by atoms with Crippen LogP contribution in [0.4, 0.5) is 26.3 Å². The van der Waals surface area contributed by atoms with Crippen molar-refractivity contribution in [3.63, 3.8) is 0 Å². The summed E-state index contributed by atoms with van der Waals surface area (Å²) in [6.45, 7) is -2.48. The predicted octanol–water partition coefficient (Wildman–Crippen LogP) is 4.14. The molecule has 1 rings (SSSR count). The molecule has 18 heavy (non-hydrogen) atoms. The van der Waals surface area contributed by atoms with Crippen LogP contribution in [-0.2, 0) is 11.3 Å². The number of rotatable bonds is 5. The Morgan fingerprint density at radius 2 is 1.83 bits per heavy atom. The molecule has 0 unspecified atom stereocenters. The maximum atomic E-state index is 13.3. The molecule has 0 saturated heterocycles. The molecule has 102 valence electrons. The van der Waals surface area contributed by atoms with Crippen molar-refractivity contribution in [2.75, 3.05) is 6.61 Å². The fraction of sp³-hybridized carbons (Fsp3) is 0.400. The van der Waals surface area contributed by atoms with Gasteiger partial charge in [0.05, 0.1) is 16.6 Å². The number of hydrogen-bond donors (Lipinski definition) is 0. The Bertz CT molecular complexity index is 423. The van der Waals surface area contributed by atoms with Crippen molar-refractivity contribution >= 4 is 15.9 Å². The van der Waals surface area contributed by atoms with Crippen molar-refractivity contribution in [1.29, 1.82) is 0 Å². The zero-order valence-electron chi connectivity index (χ0n) is 8.70. The number of alkyl halides is 4. The second-order valence-electron chi connectivity index (χ2n) is 3.38. The Kier molecular flexibility index (Phi) is 5.03. The largest absolute Gasteiger partial charge is 0.370 e. The molecular formula is C10H7BrF6O. The molecule has 8 heteroatoms. The van der Waals surface area contributed by atoms with E-state index in [1.165, 1.54) is 0 Å². The Balaban J connectivity index is 2.68. The van der Waals surface area contributed by atoms with Crippen molar-refractivity contribution in [2.24, 2.45) is 0 Å². The van der Waals surface area contributed by atoms with Gasteiger partial charge in [-0.15, -0.1) is 0 Å². The molecule has 0 radical (unpaired) electrons. The lowest BCUT2D eigenvalue weighted by Gasteiger charge is -2.15. The smallest absolute Gasteiger partial charge is 0.330 e. The molecule has 0 spiro atoms. The zero-order valence-corrected chi connectivity index (χ0v) is 10.3. The van der Waals surface area contributed by atoms with Gasteiger partial charge in [-0.05, 0) is 28.1 Å². The van der Waals surface area contributed by atoms with Gasteiger partial charge in [0.2, 0.25) is 0 Å². The van der Waals surface area contributed by atoms with Crippen molar-refractivity contribution in [1.82, 2.24) is 0 Å². The monoisotopic (exact) mass is 336 g/mol.